The molecule has 1 amide bonds. The molecule has 0 aliphatic heterocycles. The third-order valence-electron chi connectivity index (χ3n) is 4.06. The van der Waals surface area contributed by atoms with Crippen molar-refractivity contribution in [3.63, 3.8) is 0 Å². The fourth-order valence-corrected chi connectivity index (χ4v) is 2.95. The summed E-state index contributed by atoms with van der Waals surface area (Å²) in [4.78, 5) is 12.3. The van der Waals surface area contributed by atoms with Crippen LogP contribution in [0.25, 0.3) is 11.3 Å². The number of carbonyl (C=O) groups is 1. The van der Waals surface area contributed by atoms with E-state index in [1.54, 1.807) is 12.1 Å². The molecule has 0 bridgehead atoms. The van der Waals surface area contributed by atoms with E-state index < -0.39 is 15.4 Å². The molecule has 0 atom stereocenters. The summed E-state index contributed by atoms with van der Waals surface area (Å²) in [5, 5.41) is 6.38. The van der Waals surface area contributed by atoms with E-state index in [9.17, 15) is 18.0 Å². The van der Waals surface area contributed by atoms with Gasteiger partial charge in [0.05, 0.1) is 5.69 Å². The van der Waals surface area contributed by atoms with Crippen LogP contribution in [0.15, 0.2) is 48.5 Å². The Hall–Kier alpha value is -2.36. The zero-order valence-corrected chi connectivity index (χ0v) is 16.6. The lowest BCUT2D eigenvalue weighted by Gasteiger charge is -2.09. The second-order valence-corrected chi connectivity index (χ2v) is 7.35. The van der Waals surface area contributed by atoms with E-state index in [0.29, 0.717) is 5.56 Å². The molecule has 0 aliphatic carbocycles. The molecule has 0 unspecified atom stereocenters. The lowest BCUT2D eigenvalue weighted by Crippen LogP contribution is -2.13. The lowest BCUT2D eigenvalue weighted by molar-refractivity contribution is 0.102. The van der Waals surface area contributed by atoms with Gasteiger partial charge in [0.1, 0.15) is 11.5 Å². The Morgan fingerprint density at radius 2 is 1.89 bits per heavy atom. The van der Waals surface area contributed by atoms with E-state index in [2.05, 4.69) is 10.4 Å². The first-order valence-corrected chi connectivity index (χ1v) is 9.03. The highest BCUT2D eigenvalue weighted by atomic mass is 127. The molecule has 1 aromatic heterocycles. The van der Waals surface area contributed by atoms with Gasteiger partial charge >= 0.3 is 3.93 Å². The minimum absolute atomic E-state index is 0.116. The van der Waals surface area contributed by atoms with Crippen molar-refractivity contribution in [1.29, 1.82) is 0 Å². The van der Waals surface area contributed by atoms with Gasteiger partial charge in [-0.3, -0.25) is 9.48 Å². The van der Waals surface area contributed by atoms with Crippen LogP contribution >= 0.6 is 22.6 Å². The summed E-state index contributed by atoms with van der Waals surface area (Å²) in [6, 6.07) is 12.3. The highest BCUT2D eigenvalue weighted by Gasteiger charge is 2.31. The molecule has 3 rings (SSSR count). The number of benzene rings is 2. The number of rotatable bonds is 4. The maximum absolute atomic E-state index is 14.6. The molecule has 0 spiro atoms. The van der Waals surface area contributed by atoms with Gasteiger partial charge in [0, 0.05) is 46.5 Å². The van der Waals surface area contributed by atoms with Gasteiger partial charge in [-0.05, 0) is 42.8 Å². The molecule has 0 fully saturated rings. The molecule has 8 heteroatoms. The summed E-state index contributed by atoms with van der Waals surface area (Å²) in [5.41, 5.74) is 1.45. The summed E-state index contributed by atoms with van der Waals surface area (Å²) >= 11 is 0.977. The highest BCUT2D eigenvalue weighted by Crippen LogP contribution is 2.36. The molecular weight excluding hydrogens is 470 g/mol. The summed E-state index contributed by atoms with van der Waals surface area (Å²) in [6.07, 6.45) is 0. The number of amides is 1. The first-order valence-electron chi connectivity index (χ1n) is 7.95. The number of nitrogens with one attached hydrogen (secondary N) is 1. The number of hydrogen-bond donors (Lipinski definition) is 1. The van der Waals surface area contributed by atoms with Crippen LogP contribution in [0.1, 0.15) is 21.6 Å². The summed E-state index contributed by atoms with van der Waals surface area (Å²) in [7, 11) is 1.47. The molecule has 3 aromatic rings. The van der Waals surface area contributed by atoms with Gasteiger partial charge in [0.25, 0.3) is 5.91 Å². The van der Waals surface area contributed by atoms with E-state index >= 15 is 0 Å². The fraction of sp³-hybridized carbons (Fsp3) is 0.158. The topological polar surface area (TPSA) is 46.9 Å². The van der Waals surface area contributed by atoms with Crippen LogP contribution in [-0.2, 0) is 11.0 Å². The SMILES string of the molecule is Cc1ccccc1C(=O)Nc1ccc(-c2cc(C(F)(F)I)nn2C)c(F)c1. The van der Waals surface area contributed by atoms with Crippen molar-refractivity contribution in [3.05, 3.63) is 71.2 Å². The number of anilines is 1. The number of hydrogen-bond acceptors (Lipinski definition) is 2. The Bertz CT molecular complexity index is 1010. The van der Waals surface area contributed by atoms with Crippen molar-refractivity contribution < 1.29 is 18.0 Å². The number of carbonyl (C=O) groups excluding carboxylic acids is 1. The number of halogens is 4. The van der Waals surface area contributed by atoms with Crippen LogP contribution in [-0.4, -0.2) is 15.7 Å². The molecule has 0 saturated carbocycles. The average molecular weight is 485 g/mol. The Labute approximate surface area is 167 Å². The molecule has 4 nitrogen and oxygen atoms in total. The summed E-state index contributed by atoms with van der Waals surface area (Å²) < 4.78 is 39.5. The van der Waals surface area contributed by atoms with Crippen LogP contribution in [0.3, 0.4) is 0 Å². The van der Waals surface area contributed by atoms with Crippen molar-refractivity contribution in [2.75, 3.05) is 5.32 Å². The Balaban J connectivity index is 1.88. The fourth-order valence-electron chi connectivity index (χ4n) is 2.68. The zero-order valence-electron chi connectivity index (χ0n) is 14.4. The Morgan fingerprint density at radius 1 is 1.19 bits per heavy atom. The van der Waals surface area contributed by atoms with Gasteiger partial charge < -0.3 is 5.32 Å². The third-order valence-corrected chi connectivity index (χ3v) is 4.62. The minimum atomic E-state index is -3.15. The molecule has 0 radical (unpaired) electrons. The van der Waals surface area contributed by atoms with Crippen molar-refractivity contribution >= 4 is 34.2 Å². The normalized spacial score (nSPS) is 11.5. The minimum Gasteiger partial charge on any atom is -0.322 e. The van der Waals surface area contributed by atoms with Crippen LogP contribution in [0, 0.1) is 12.7 Å². The highest BCUT2D eigenvalue weighted by molar-refractivity contribution is 14.1. The Morgan fingerprint density at radius 3 is 2.48 bits per heavy atom. The number of alkyl halides is 3. The van der Waals surface area contributed by atoms with Crippen molar-refractivity contribution in [1.82, 2.24) is 9.78 Å². The maximum Gasteiger partial charge on any atom is 0.339 e. The van der Waals surface area contributed by atoms with Crippen LogP contribution in [0.2, 0.25) is 0 Å². The molecule has 0 aliphatic rings. The monoisotopic (exact) mass is 485 g/mol. The third kappa shape index (κ3) is 4.15. The predicted octanol–water partition coefficient (Wildman–Crippen LogP) is 5.27. The van der Waals surface area contributed by atoms with E-state index in [-0.39, 0.29) is 22.9 Å². The van der Waals surface area contributed by atoms with Crippen LogP contribution < -0.4 is 5.32 Å². The van der Waals surface area contributed by atoms with E-state index in [1.165, 1.54) is 23.9 Å². The Kier molecular flexibility index (Phi) is 5.27. The second-order valence-electron chi connectivity index (χ2n) is 6.00. The smallest absolute Gasteiger partial charge is 0.322 e. The summed E-state index contributed by atoms with van der Waals surface area (Å²) in [5.74, 6) is -1.00. The maximum atomic E-state index is 14.6. The molecule has 140 valence electrons. The van der Waals surface area contributed by atoms with Crippen LogP contribution in [0.4, 0.5) is 18.9 Å². The number of nitrogens with zero attached hydrogens (tertiary/aromatic N) is 2. The van der Waals surface area contributed by atoms with E-state index in [0.717, 1.165) is 40.3 Å². The van der Waals surface area contributed by atoms with Gasteiger partial charge in [0.15, 0.2) is 0 Å². The van der Waals surface area contributed by atoms with Gasteiger partial charge in [0.2, 0.25) is 0 Å². The second kappa shape index (κ2) is 7.34. The number of aromatic nitrogens is 2. The predicted molar refractivity (Wildman–Crippen MR) is 106 cm³/mol. The largest absolute Gasteiger partial charge is 0.339 e. The van der Waals surface area contributed by atoms with Gasteiger partial charge in [-0.2, -0.15) is 13.9 Å². The number of aryl methyl sites for hydroxylation is 2. The van der Waals surface area contributed by atoms with Crippen molar-refractivity contribution in [2.24, 2.45) is 7.05 Å². The zero-order chi connectivity index (χ0) is 19.8. The summed E-state index contributed by atoms with van der Waals surface area (Å²) in [6.45, 7) is 1.81. The average Bonchev–Trinajstić information content (AvgIpc) is 2.97. The first-order chi connectivity index (χ1) is 12.7. The van der Waals surface area contributed by atoms with Crippen molar-refractivity contribution in [3.8, 4) is 11.3 Å². The van der Waals surface area contributed by atoms with Gasteiger partial charge in [-0.15, -0.1) is 0 Å². The van der Waals surface area contributed by atoms with Crippen molar-refractivity contribution in [2.45, 2.75) is 10.9 Å². The van der Waals surface area contributed by atoms with E-state index in [1.807, 2.05) is 19.1 Å². The van der Waals surface area contributed by atoms with E-state index in [4.69, 9.17) is 0 Å². The quantitative estimate of drug-likeness (QED) is 0.405. The van der Waals surface area contributed by atoms with Crippen LogP contribution in [0.5, 0.6) is 0 Å². The molecular formula is C19H15F3IN3O. The molecule has 1 heterocycles. The standard InChI is InChI=1S/C19H15F3IN3O/c1-11-5-3-4-6-13(11)18(27)24-12-7-8-14(15(20)9-12)16-10-17(19(21,22)23)25-26(16)2/h3-10H,1-2H3,(H,24,27). The first kappa shape index (κ1) is 19.4. The molecule has 1 N–H and O–H groups in total. The molecule has 0 saturated heterocycles. The molecule has 2 aromatic carbocycles. The molecule has 27 heavy (non-hydrogen) atoms. The van der Waals surface area contributed by atoms with Gasteiger partial charge in [-0.1, -0.05) is 18.2 Å². The lowest BCUT2D eigenvalue weighted by atomic mass is 10.1. The van der Waals surface area contributed by atoms with Gasteiger partial charge in [-0.25, -0.2) is 4.39 Å².